The van der Waals surface area contributed by atoms with Crippen LogP contribution in [0.4, 0.5) is 0 Å². The topological polar surface area (TPSA) is 42.3 Å². The first-order chi connectivity index (χ1) is 8.31. The van der Waals surface area contributed by atoms with Crippen molar-refractivity contribution in [2.24, 2.45) is 5.92 Å². The van der Waals surface area contributed by atoms with Gasteiger partial charge in [0.05, 0.1) is 6.07 Å². The van der Waals surface area contributed by atoms with Crippen LogP contribution in [0.15, 0.2) is 0 Å². The molecule has 0 amide bonds. The maximum Gasteiger partial charge on any atom is 0.108 e. The van der Waals surface area contributed by atoms with Crippen molar-refractivity contribution in [1.29, 1.82) is 5.26 Å². The molecular weight excluding hydrogens is 212 g/mol. The molecule has 1 unspecified atom stereocenters. The molecule has 1 aliphatic carbocycles. The lowest BCUT2D eigenvalue weighted by atomic mass is 10.2. The van der Waals surface area contributed by atoms with E-state index in [1.165, 1.54) is 32.5 Å². The minimum absolute atomic E-state index is 0.00465. The Balaban J connectivity index is 1.65. The van der Waals surface area contributed by atoms with Crippen molar-refractivity contribution in [3.63, 3.8) is 0 Å². The smallest absolute Gasteiger partial charge is 0.108 e. The van der Waals surface area contributed by atoms with Crippen LogP contribution in [0.2, 0.25) is 0 Å². The highest BCUT2D eigenvalue weighted by Crippen LogP contribution is 2.29. The molecule has 0 aromatic rings. The Hall–Kier alpha value is -0.630. The molecule has 4 heteroatoms. The van der Waals surface area contributed by atoms with Crippen molar-refractivity contribution in [2.75, 3.05) is 45.8 Å². The fourth-order valence-corrected chi connectivity index (χ4v) is 2.48. The summed E-state index contributed by atoms with van der Waals surface area (Å²) < 4.78 is 0. The molecule has 0 aromatic heterocycles. The first kappa shape index (κ1) is 12.8. The van der Waals surface area contributed by atoms with E-state index < -0.39 is 0 Å². The average molecular weight is 236 g/mol. The molecule has 1 saturated carbocycles. The van der Waals surface area contributed by atoms with E-state index in [1.807, 2.05) is 0 Å². The van der Waals surface area contributed by atoms with Crippen LogP contribution < -0.4 is 5.32 Å². The Morgan fingerprint density at radius 1 is 1.24 bits per heavy atom. The van der Waals surface area contributed by atoms with E-state index in [9.17, 15) is 0 Å². The second kappa shape index (κ2) is 6.34. The molecule has 1 atom stereocenters. The van der Waals surface area contributed by atoms with E-state index in [2.05, 4.69) is 28.1 Å². The molecule has 0 radical (unpaired) electrons. The third-order valence-electron chi connectivity index (χ3n) is 3.73. The molecule has 0 spiro atoms. The molecule has 2 fully saturated rings. The van der Waals surface area contributed by atoms with E-state index in [0.29, 0.717) is 0 Å². The van der Waals surface area contributed by atoms with Crippen LogP contribution in [0.25, 0.3) is 0 Å². The lowest BCUT2D eigenvalue weighted by Crippen LogP contribution is -2.50. The molecule has 2 rings (SSSR count). The second-order valence-corrected chi connectivity index (χ2v) is 5.28. The highest BCUT2D eigenvalue weighted by Gasteiger charge is 2.26. The van der Waals surface area contributed by atoms with E-state index >= 15 is 0 Å². The predicted molar refractivity (Wildman–Crippen MR) is 68.7 cm³/mol. The van der Waals surface area contributed by atoms with Gasteiger partial charge in [-0.1, -0.05) is 6.92 Å². The van der Waals surface area contributed by atoms with E-state index in [0.717, 1.165) is 32.1 Å². The lowest BCUT2D eigenvalue weighted by molar-refractivity contribution is 0.124. The number of nitriles is 1. The number of hydrogen-bond acceptors (Lipinski definition) is 4. The normalized spacial score (nSPS) is 24.5. The number of nitrogens with zero attached hydrogens (tertiary/aromatic N) is 3. The minimum Gasteiger partial charge on any atom is -0.301 e. The minimum atomic E-state index is -0.00465. The van der Waals surface area contributed by atoms with Crippen LogP contribution in [-0.2, 0) is 0 Å². The molecule has 2 aliphatic rings. The van der Waals surface area contributed by atoms with Crippen molar-refractivity contribution < 1.29 is 0 Å². The fraction of sp³-hybridized carbons (Fsp3) is 0.923. The molecule has 4 nitrogen and oxygen atoms in total. The van der Waals surface area contributed by atoms with Crippen LogP contribution in [0.3, 0.4) is 0 Å². The fourth-order valence-electron chi connectivity index (χ4n) is 2.48. The zero-order valence-electron chi connectivity index (χ0n) is 10.9. The average Bonchev–Trinajstić information content (AvgIpc) is 3.15. The molecule has 1 saturated heterocycles. The standard InChI is InChI=1S/C13H24N4/c1-2-15-13(9-14)11-17-7-5-16(6-8-17)10-12-3-4-12/h12-13,15H,2-8,10-11H2,1H3. The summed E-state index contributed by atoms with van der Waals surface area (Å²) in [5.41, 5.74) is 0. The van der Waals surface area contributed by atoms with Gasteiger partial charge in [0.1, 0.15) is 6.04 Å². The van der Waals surface area contributed by atoms with Gasteiger partial charge in [-0.25, -0.2) is 0 Å². The van der Waals surface area contributed by atoms with Crippen LogP contribution in [-0.4, -0.2) is 61.7 Å². The van der Waals surface area contributed by atoms with Gasteiger partial charge in [0, 0.05) is 39.3 Å². The third-order valence-corrected chi connectivity index (χ3v) is 3.73. The summed E-state index contributed by atoms with van der Waals surface area (Å²) in [6, 6.07) is 2.33. The molecular formula is C13H24N4. The van der Waals surface area contributed by atoms with Gasteiger partial charge in [0.2, 0.25) is 0 Å². The SMILES string of the molecule is CCNC(C#N)CN1CCN(CC2CC2)CC1. The van der Waals surface area contributed by atoms with Crippen molar-refractivity contribution in [3.8, 4) is 6.07 Å². The maximum atomic E-state index is 9.02. The Labute approximate surface area is 105 Å². The van der Waals surface area contributed by atoms with Crippen molar-refractivity contribution in [3.05, 3.63) is 0 Å². The lowest BCUT2D eigenvalue weighted by Gasteiger charge is -2.35. The number of likely N-dealkylation sites (N-methyl/N-ethyl adjacent to an activating group) is 1. The summed E-state index contributed by atoms with van der Waals surface area (Å²) in [7, 11) is 0. The van der Waals surface area contributed by atoms with Crippen LogP contribution in [0.5, 0.6) is 0 Å². The summed E-state index contributed by atoms with van der Waals surface area (Å²) >= 11 is 0. The number of nitrogens with one attached hydrogen (secondary N) is 1. The van der Waals surface area contributed by atoms with Crippen molar-refractivity contribution in [1.82, 2.24) is 15.1 Å². The Kier molecular flexibility index (Phi) is 4.78. The Bertz CT molecular complexity index is 261. The van der Waals surface area contributed by atoms with Crippen molar-refractivity contribution in [2.45, 2.75) is 25.8 Å². The third kappa shape index (κ3) is 4.27. The van der Waals surface area contributed by atoms with E-state index in [1.54, 1.807) is 0 Å². The first-order valence-corrected chi connectivity index (χ1v) is 6.89. The van der Waals surface area contributed by atoms with Crippen LogP contribution >= 0.6 is 0 Å². The van der Waals surface area contributed by atoms with Gasteiger partial charge in [-0.3, -0.25) is 4.90 Å². The molecule has 1 N–H and O–H groups in total. The summed E-state index contributed by atoms with van der Waals surface area (Å²) in [6.45, 7) is 9.72. The van der Waals surface area contributed by atoms with Gasteiger partial charge in [-0.2, -0.15) is 5.26 Å². The number of rotatable bonds is 6. The summed E-state index contributed by atoms with van der Waals surface area (Å²) in [5.74, 6) is 0.996. The highest BCUT2D eigenvalue weighted by molar-refractivity contribution is 4.92. The maximum absolute atomic E-state index is 9.02. The van der Waals surface area contributed by atoms with Gasteiger partial charge < -0.3 is 10.2 Å². The largest absolute Gasteiger partial charge is 0.301 e. The zero-order chi connectivity index (χ0) is 12.1. The first-order valence-electron chi connectivity index (χ1n) is 6.89. The van der Waals surface area contributed by atoms with E-state index in [-0.39, 0.29) is 6.04 Å². The van der Waals surface area contributed by atoms with Gasteiger partial charge >= 0.3 is 0 Å². The van der Waals surface area contributed by atoms with Crippen molar-refractivity contribution >= 4 is 0 Å². The number of hydrogen-bond donors (Lipinski definition) is 1. The van der Waals surface area contributed by atoms with Crippen LogP contribution in [0.1, 0.15) is 19.8 Å². The highest BCUT2D eigenvalue weighted by atomic mass is 15.3. The summed E-state index contributed by atoms with van der Waals surface area (Å²) in [4.78, 5) is 5.00. The molecule has 0 bridgehead atoms. The monoisotopic (exact) mass is 236 g/mol. The van der Waals surface area contributed by atoms with Gasteiger partial charge in [0.25, 0.3) is 0 Å². The second-order valence-electron chi connectivity index (χ2n) is 5.28. The van der Waals surface area contributed by atoms with Gasteiger partial charge in [-0.05, 0) is 25.3 Å². The molecule has 0 aromatic carbocycles. The molecule has 1 heterocycles. The Morgan fingerprint density at radius 3 is 2.41 bits per heavy atom. The molecule has 1 aliphatic heterocycles. The zero-order valence-corrected chi connectivity index (χ0v) is 10.9. The number of piperazine rings is 1. The van der Waals surface area contributed by atoms with Gasteiger partial charge in [-0.15, -0.1) is 0 Å². The summed E-state index contributed by atoms with van der Waals surface area (Å²) in [5, 5.41) is 12.2. The van der Waals surface area contributed by atoms with E-state index in [4.69, 9.17) is 5.26 Å². The molecule has 96 valence electrons. The quantitative estimate of drug-likeness (QED) is 0.730. The van der Waals surface area contributed by atoms with Gasteiger partial charge in [0.15, 0.2) is 0 Å². The Morgan fingerprint density at radius 2 is 1.88 bits per heavy atom. The molecule has 17 heavy (non-hydrogen) atoms. The summed E-state index contributed by atoms with van der Waals surface area (Å²) in [6.07, 6.45) is 2.88. The van der Waals surface area contributed by atoms with Crippen LogP contribution in [0, 0.1) is 17.2 Å². The predicted octanol–water partition coefficient (Wildman–Crippen LogP) is 0.516.